The number of carbonyl (C=O) groups is 2. The summed E-state index contributed by atoms with van der Waals surface area (Å²) in [5.41, 5.74) is 2.44. The van der Waals surface area contributed by atoms with E-state index in [0.29, 0.717) is 21.9 Å². The molecule has 3 N–H and O–H groups in total. The van der Waals surface area contributed by atoms with Crippen molar-refractivity contribution in [1.29, 1.82) is 0 Å². The number of halogens is 1. The first-order valence-corrected chi connectivity index (χ1v) is 8.09. The molecular formula is C18H15ClN2O5. The molecule has 0 unspecified atom stereocenters. The molecule has 8 heteroatoms. The molecule has 0 aliphatic heterocycles. The van der Waals surface area contributed by atoms with Crippen LogP contribution >= 0.6 is 11.6 Å². The third-order valence-corrected chi connectivity index (χ3v) is 3.81. The second kappa shape index (κ2) is 7.90. The summed E-state index contributed by atoms with van der Waals surface area (Å²) < 4.78 is 11.0. The number of hydrogen-bond donors (Lipinski definition) is 3. The fourth-order valence-electron chi connectivity index (χ4n) is 2.31. The van der Waals surface area contributed by atoms with Gasteiger partial charge in [0.1, 0.15) is 17.9 Å². The predicted octanol–water partition coefficient (Wildman–Crippen LogP) is 3.01. The Bertz CT molecular complexity index is 936. The predicted molar refractivity (Wildman–Crippen MR) is 94.7 cm³/mol. The molecule has 3 aromatic rings. The van der Waals surface area contributed by atoms with Gasteiger partial charge in [0, 0.05) is 16.0 Å². The molecule has 3 rings (SSSR count). The number of carbonyl (C=O) groups excluding carboxylic acids is 2. The van der Waals surface area contributed by atoms with E-state index in [-0.39, 0.29) is 24.8 Å². The molecule has 1 heterocycles. The second-order valence-electron chi connectivity index (χ2n) is 5.36. The van der Waals surface area contributed by atoms with Gasteiger partial charge in [-0.1, -0.05) is 11.6 Å². The molecule has 26 heavy (non-hydrogen) atoms. The van der Waals surface area contributed by atoms with Gasteiger partial charge in [-0.2, -0.15) is 0 Å². The van der Waals surface area contributed by atoms with Gasteiger partial charge in [-0.3, -0.25) is 14.8 Å². The van der Waals surface area contributed by atoms with E-state index in [1.54, 1.807) is 41.9 Å². The molecule has 0 aliphatic rings. The average molecular weight is 375 g/mol. The van der Waals surface area contributed by atoms with Crippen molar-refractivity contribution in [2.24, 2.45) is 0 Å². The maximum absolute atomic E-state index is 12.1. The van der Waals surface area contributed by atoms with E-state index < -0.39 is 5.91 Å². The summed E-state index contributed by atoms with van der Waals surface area (Å²) in [6.07, 6.45) is 0. The van der Waals surface area contributed by atoms with Gasteiger partial charge in [-0.15, -0.1) is 0 Å². The van der Waals surface area contributed by atoms with Crippen LogP contribution in [0.2, 0.25) is 5.02 Å². The Morgan fingerprint density at radius 2 is 1.85 bits per heavy atom. The van der Waals surface area contributed by atoms with Gasteiger partial charge < -0.3 is 14.5 Å². The van der Waals surface area contributed by atoms with Gasteiger partial charge in [-0.05, 0) is 48.5 Å². The average Bonchev–Trinajstić information content (AvgIpc) is 3.08. The Hall–Kier alpha value is -3.03. The summed E-state index contributed by atoms with van der Waals surface area (Å²) in [5, 5.41) is 12.6. The maximum atomic E-state index is 12.1. The van der Waals surface area contributed by atoms with E-state index in [0.717, 1.165) is 5.39 Å². The zero-order valence-electron chi connectivity index (χ0n) is 13.5. The summed E-state index contributed by atoms with van der Waals surface area (Å²) in [6, 6.07) is 13.0. The van der Waals surface area contributed by atoms with Crippen LogP contribution in [0.15, 0.2) is 52.9 Å². The number of rotatable bonds is 6. The number of amides is 2. The van der Waals surface area contributed by atoms with Crippen LogP contribution in [0.3, 0.4) is 0 Å². The molecule has 0 spiro atoms. The highest BCUT2D eigenvalue weighted by Crippen LogP contribution is 2.22. The summed E-state index contributed by atoms with van der Waals surface area (Å²) in [4.78, 5) is 23.3. The fourth-order valence-corrected chi connectivity index (χ4v) is 2.49. The molecule has 0 bridgehead atoms. The molecule has 0 radical (unpaired) electrons. The number of fused-ring (bicyclic) bond motifs is 1. The lowest BCUT2D eigenvalue weighted by Crippen LogP contribution is -2.27. The van der Waals surface area contributed by atoms with Crippen molar-refractivity contribution in [3.63, 3.8) is 0 Å². The molecule has 2 amide bonds. The normalized spacial score (nSPS) is 10.5. The minimum absolute atomic E-state index is 0.196. The smallest absolute Gasteiger partial charge is 0.287 e. The fraction of sp³-hybridized carbons (Fsp3) is 0.111. The SMILES string of the molecule is O=C(NO)c1ccc(OCCNC(=O)c2cc3cc(Cl)ccc3o2)cc1. The van der Waals surface area contributed by atoms with Crippen molar-refractivity contribution >= 4 is 34.4 Å². The third-order valence-electron chi connectivity index (χ3n) is 3.58. The monoisotopic (exact) mass is 374 g/mol. The minimum Gasteiger partial charge on any atom is -0.492 e. The van der Waals surface area contributed by atoms with Gasteiger partial charge in [0.2, 0.25) is 0 Å². The number of benzene rings is 2. The third kappa shape index (κ3) is 4.14. The van der Waals surface area contributed by atoms with E-state index in [1.807, 2.05) is 0 Å². The number of hydroxylamine groups is 1. The van der Waals surface area contributed by atoms with Crippen molar-refractivity contribution in [2.45, 2.75) is 0 Å². The van der Waals surface area contributed by atoms with Gasteiger partial charge in [0.15, 0.2) is 5.76 Å². The van der Waals surface area contributed by atoms with E-state index in [4.69, 9.17) is 26.0 Å². The van der Waals surface area contributed by atoms with Gasteiger partial charge in [0.25, 0.3) is 11.8 Å². The van der Waals surface area contributed by atoms with Crippen LogP contribution in [0.5, 0.6) is 5.75 Å². The Kier molecular flexibility index (Phi) is 5.40. The first kappa shape index (κ1) is 17.8. The van der Waals surface area contributed by atoms with Crippen molar-refractivity contribution < 1.29 is 24.0 Å². The van der Waals surface area contributed by atoms with E-state index >= 15 is 0 Å². The van der Waals surface area contributed by atoms with Gasteiger partial charge in [-0.25, -0.2) is 5.48 Å². The highest BCUT2D eigenvalue weighted by atomic mass is 35.5. The van der Waals surface area contributed by atoms with Gasteiger partial charge >= 0.3 is 0 Å². The lowest BCUT2D eigenvalue weighted by Gasteiger charge is -2.07. The van der Waals surface area contributed by atoms with Gasteiger partial charge in [0.05, 0.1) is 6.54 Å². The number of ether oxygens (including phenoxy) is 1. The van der Waals surface area contributed by atoms with Crippen LogP contribution < -0.4 is 15.5 Å². The Morgan fingerprint density at radius 3 is 2.58 bits per heavy atom. The standard InChI is InChI=1S/C18H15ClN2O5/c19-13-3-6-15-12(9-13)10-16(26-15)18(23)20-7-8-25-14-4-1-11(2-5-14)17(22)21-24/h1-6,9-10,24H,7-8H2,(H,20,23)(H,21,22). The van der Waals surface area contributed by atoms with Crippen LogP contribution in [0.25, 0.3) is 11.0 Å². The number of hydrogen-bond acceptors (Lipinski definition) is 5. The van der Waals surface area contributed by atoms with E-state index in [1.165, 1.54) is 12.1 Å². The van der Waals surface area contributed by atoms with Crippen molar-refractivity contribution in [3.05, 3.63) is 64.9 Å². The van der Waals surface area contributed by atoms with E-state index in [9.17, 15) is 9.59 Å². The van der Waals surface area contributed by atoms with Crippen LogP contribution in [-0.2, 0) is 0 Å². The molecule has 0 atom stereocenters. The zero-order valence-corrected chi connectivity index (χ0v) is 14.2. The highest BCUT2D eigenvalue weighted by Gasteiger charge is 2.12. The molecule has 0 aliphatic carbocycles. The topological polar surface area (TPSA) is 101 Å². The Morgan fingerprint density at radius 1 is 1.08 bits per heavy atom. The minimum atomic E-state index is -0.601. The van der Waals surface area contributed by atoms with Crippen LogP contribution in [0, 0.1) is 0 Å². The van der Waals surface area contributed by atoms with Crippen molar-refractivity contribution in [1.82, 2.24) is 10.8 Å². The lowest BCUT2D eigenvalue weighted by molar-refractivity contribution is 0.0706. The van der Waals surface area contributed by atoms with Crippen molar-refractivity contribution in [2.75, 3.05) is 13.2 Å². The van der Waals surface area contributed by atoms with Crippen molar-refractivity contribution in [3.8, 4) is 5.75 Å². The quantitative estimate of drug-likeness (QED) is 0.350. The molecular weight excluding hydrogens is 360 g/mol. The number of furan rings is 1. The van der Waals surface area contributed by atoms with E-state index in [2.05, 4.69) is 5.32 Å². The highest BCUT2D eigenvalue weighted by molar-refractivity contribution is 6.31. The molecule has 0 fully saturated rings. The first-order valence-electron chi connectivity index (χ1n) is 7.71. The second-order valence-corrected chi connectivity index (χ2v) is 5.80. The summed E-state index contributed by atoms with van der Waals surface area (Å²) >= 11 is 5.91. The molecule has 7 nitrogen and oxygen atoms in total. The molecule has 2 aromatic carbocycles. The molecule has 0 saturated carbocycles. The zero-order chi connectivity index (χ0) is 18.5. The number of nitrogens with one attached hydrogen (secondary N) is 2. The Labute approximate surface area is 153 Å². The van der Waals surface area contributed by atoms with Crippen LogP contribution in [0.4, 0.5) is 0 Å². The molecule has 134 valence electrons. The van der Waals surface area contributed by atoms with Crippen LogP contribution in [0.1, 0.15) is 20.9 Å². The first-order chi connectivity index (χ1) is 12.6. The lowest BCUT2D eigenvalue weighted by atomic mass is 10.2. The summed E-state index contributed by atoms with van der Waals surface area (Å²) in [7, 11) is 0. The largest absolute Gasteiger partial charge is 0.492 e. The van der Waals surface area contributed by atoms with Crippen LogP contribution in [-0.4, -0.2) is 30.2 Å². The molecule has 1 aromatic heterocycles. The maximum Gasteiger partial charge on any atom is 0.287 e. The summed E-state index contributed by atoms with van der Waals surface area (Å²) in [6.45, 7) is 0.513. The molecule has 0 saturated heterocycles. The summed E-state index contributed by atoms with van der Waals surface area (Å²) in [5.74, 6) is -0.222. The Balaban J connectivity index is 1.49.